The van der Waals surface area contributed by atoms with Crippen molar-refractivity contribution >= 4 is 38.3 Å². The van der Waals surface area contributed by atoms with Crippen LogP contribution in [0, 0.1) is 0 Å². The van der Waals surface area contributed by atoms with Gasteiger partial charge in [-0.2, -0.15) is 0 Å². The monoisotopic (exact) mass is 420 g/mol. The number of amides is 2. The second kappa shape index (κ2) is 7.25. The maximum absolute atomic E-state index is 13.0. The van der Waals surface area contributed by atoms with Crippen molar-refractivity contribution in [1.29, 1.82) is 0 Å². The van der Waals surface area contributed by atoms with E-state index in [0.717, 1.165) is 28.6 Å². The number of carbonyl (C=O) groups excluding carboxylic acids is 2. The number of fused-ring (bicyclic) bond motifs is 1. The zero-order valence-corrected chi connectivity index (χ0v) is 17.0. The molecular formula is C18H20N4O4S2. The zero-order valence-electron chi connectivity index (χ0n) is 15.3. The minimum absolute atomic E-state index is 0.0952. The molecule has 1 aliphatic carbocycles. The van der Waals surface area contributed by atoms with Crippen molar-refractivity contribution in [1.82, 2.24) is 14.5 Å². The highest BCUT2D eigenvalue weighted by atomic mass is 32.2. The average molecular weight is 421 g/mol. The normalized spacial score (nSPS) is 18.9. The van der Waals surface area contributed by atoms with Crippen molar-refractivity contribution in [3.8, 4) is 0 Å². The molecule has 10 heteroatoms. The molecule has 2 amide bonds. The van der Waals surface area contributed by atoms with Gasteiger partial charge in [-0.15, -0.1) is 10.2 Å². The van der Waals surface area contributed by atoms with Crippen molar-refractivity contribution in [2.45, 2.75) is 56.4 Å². The first-order valence-corrected chi connectivity index (χ1v) is 11.5. The van der Waals surface area contributed by atoms with Crippen LogP contribution in [0.3, 0.4) is 0 Å². The maximum atomic E-state index is 13.0. The quantitative estimate of drug-likeness (QED) is 0.815. The lowest BCUT2D eigenvalue weighted by Crippen LogP contribution is -2.40. The Kier molecular flexibility index (Phi) is 4.92. The van der Waals surface area contributed by atoms with Gasteiger partial charge in [-0.3, -0.25) is 14.9 Å². The van der Waals surface area contributed by atoms with Gasteiger partial charge < -0.3 is 0 Å². The van der Waals surface area contributed by atoms with Crippen molar-refractivity contribution in [3.05, 3.63) is 34.3 Å². The second-order valence-corrected chi connectivity index (χ2v) is 9.76. The van der Waals surface area contributed by atoms with Crippen LogP contribution in [0.1, 0.15) is 64.8 Å². The van der Waals surface area contributed by atoms with E-state index >= 15 is 0 Å². The molecule has 4 rings (SSSR count). The van der Waals surface area contributed by atoms with Crippen LogP contribution in [0.15, 0.2) is 23.1 Å². The first-order chi connectivity index (χ1) is 13.4. The van der Waals surface area contributed by atoms with E-state index < -0.39 is 21.8 Å². The fourth-order valence-electron chi connectivity index (χ4n) is 3.68. The Morgan fingerprint density at radius 1 is 1.25 bits per heavy atom. The molecule has 1 aromatic carbocycles. The number of carbonyl (C=O) groups is 2. The molecule has 0 spiro atoms. The summed E-state index contributed by atoms with van der Waals surface area (Å²) in [6.45, 7) is 1.94. The number of aryl methyl sites for hydroxylation is 1. The van der Waals surface area contributed by atoms with E-state index in [1.165, 1.54) is 29.5 Å². The van der Waals surface area contributed by atoms with Gasteiger partial charge in [0.1, 0.15) is 9.90 Å². The molecule has 0 radical (unpaired) electrons. The standard InChI is InChI=1S/C18H20N4O4S2/c1-2-15-20-21-18(27-15)19-16(23)11-8-9-13-14(10-11)28(25,26)22(17(13)24)12-6-4-3-5-7-12/h8-10,12H,2-7H2,1H3,(H,19,21,23). The topological polar surface area (TPSA) is 109 Å². The minimum Gasteiger partial charge on any atom is -0.296 e. The molecule has 148 valence electrons. The molecule has 28 heavy (non-hydrogen) atoms. The lowest BCUT2D eigenvalue weighted by atomic mass is 9.95. The van der Waals surface area contributed by atoms with E-state index in [9.17, 15) is 18.0 Å². The first-order valence-electron chi connectivity index (χ1n) is 9.28. The van der Waals surface area contributed by atoms with Crippen molar-refractivity contribution in [3.63, 3.8) is 0 Å². The summed E-state index contributed by atoms with van der Waals surface area (Å²) < 4.78 is 27.1. The number of rotatable bonds is 4. The molecule has 2 aromatic rings. The summed E-state index contributed by atoms with van der Waals surface area (Å²) in [4.78, 5) is 25.2. The summed E-state index contributed by atoms with van der Waals surface area (Å²) in [6, 6.07) is 3.87. The predicted molar refractivity (Wildman–Crippen MR) is 104 cm³/mol. The Balaban J connectivity index is 1.62. The summed E-state index contributed by atoms with van der Waals surface area (Å²) >= 11 is 1.27. The third-order valence-electron chi connectivity index (χ3n) is 5.11. The van der Waals surface area contributed by atoms with Crippen LogP contribution in [0.25, 0.3) is 0 Å². The van der Waals surface area contributed by atoms with Crippen LogP contribution in [0.4, 0.5) is 5.13 Å². The van der Waals surface area contributed by atoms with Crippen molar-refractivity contribution < 1.29 is 18.0 Å². The molecule has 8 nitrogen and oxygen atoms in total. The van der Waals surface area contributed by atoms with E-state index in [-0.39, 0.29) is 22.1 Å². The number of aromatic nitrogens is 2. The second-order valence-electron chi connectivity index (χ2n) is 6.92. The molecule has 2 aliphatic rings. The highest BCUT2D eigenvalue weighted by Crippen LogP contribution is 2.36. The molecule has 2 heterocycles. The molecular weight excluding hydrogens is 400 g/mol. The number of hydrogen-bond donors (Lipinski definition) is 1. The van der Waals surface area contributed by atoms with Gasteiger partial charge in [0, 0.05) is 11.6 Å². The highest BCUT2D eigenvalue weighted by molar-refractivity contribution is 7.90. The third kappa shape index (κ3) is 3.20. The molecule has 1 fully saturated rings. The lowest BCUT2D eigenvalue weighted by Gasteiger charge is -2.29. The lowest BCUT2D eigenvalue weighted by molar-refractivity contribution is 0.0809. The maximum Gasteiger partial charge on any atom is 0.269 e. The van der Waals surface area contributed by atoms with E-state index in [1.807, 2.05) is 6.92 Å². The van der Waals surface area contributed by atoms with Gasteiger partial charge in [-0.1, -0.05) is 37.5 Å². The Hall–Kier alpha value is -2.33. The fourth-order valence-corrected chi connectivity index (χ4v) is 6.20. The molecule has 0 atom stereocenters. The van der Waals surface area contributed by atoms with Crippen LogP contribution in [0.5, 0.6) is 0 Å². The zero-order chi connectivity index (χ0) is 19.9. The number of nitrogens with zero attached hydrogens (tertiary/aromatic N) is 3. The Labute approximate surface area is 167 Å². The Morgan fingerprint density at radius 2 is 2.00 bits per heavy atom. The van der Waals surface area contributed by atoms with Gasteiger partial charge in [0.05, 0.1) is 5.56 Å². The number of benzene rings is 1. The summed E-state index contributed by atoms with van der Waals surface area (Å²) in [6.07, 6.45) is 4.96. The van der Waals surface area contributed by atoms with E-state index in [4.69, 9.17) is 0 Å². The summed E-state index contributed by atoms with van der Waals surface area (Å²) in [5.74, 6) is -0.981. The van der Waals surface area contributed by atoms with E-state index in [0.29, 0.717) is 24.4 Å². The number of sulfonamides is 1. The SMILES string of the molecule is CCc1nnc(NC(=O)c2ccc3c(c2)S(=O)(=O)N(C2CCCCC2)C3=O)s1. The molecule has 0 unspecified atom stereocenters. The molecule has 0 saturated heterocycles. The smallest absolute Gasteiger partial charge is 0.269 e. The summed E-state index contributed by atoms with van der Waals surface area (Å²) in [5.41, 5.74) is 0.292. The number of anilines is 1. The van der Waals surface area contributed by atoms with Gasteiger partial charge in [0.15, 0.2) is 0 Å². The Morgan fingerprint density at radius 3 is 2.68 bits per heavy atom. The van der Waals surface area contributed by atoms with Crippen LogP contribution in [-0.2, 0) is 16.4 Å². The van der Waals surface area contributed by atoms with Crippen molar-refractivity contribution in [2.75, 3.05) is 5.32 Å². The summed E-state index contributed by atoms with van der Waals surface area (Å²) in [5, 5.41) is 11.6. The van der Waals surface area contributed by atoms with Crippen LogP contribution in [0.2, 0.25) is 0 Å². The Bertz CT molecular complexity index is 1040. The van der Waals surface area contributed by atoms with Gasteiger partial charge in [0.2, 0.25) is 5.13 Å². The first kappa shape index (κ1) is 19.0. The van der Waals surface area contributed by atoms with Crippen LogP contribution < -0.4 is 5.32 Å². The average Bonchev–Trinajstić information content (AvgIpc) is 3.22. The number of nitrogens with one attached hydrogen (secondary N) is 1. The summed E-state index contributed by atoms with van der Waals surface area (Å²) in [7, 11) is -3.95. The highest BCUT2D eigenvalue weighted by Gasteiger charge is 2.45. The van der Waals surface area contributed by atoms with Crippen molar-refractivity contribution in [2.24, 2.45) is 0 Å². The largest absolute Gasteiger partial charge is 0.296 e. The van der Waals surface area contributed by atoms with Gasteiger partial charge in [0.25, 0.3) is 21.8 Å². The molecule has 0 bridgehead atoms. The van der Waals surface area contributed by atoms with Crippen LogP contribution >= 0.6 is 11.3 Å². The number of hydrogen-bond acceptors (Lipinski definition) is 7. The molecule has 1 saturated carbocycles. The van der Waals surface area contributed by atoms with E-state index in [1.54, 1.807) is 0 Å². The third-order valence-corrected chi connectivity index (χ3v) is 7.97. The molecule has 1 aliphatic heterocycles. The minimum atomic E-state index is -3.95. The fraction of sp³-hybridized carbons (Fsp3) is 0.444. The molecule has 1 N–H and O–H groups in total. The van der Waals surface area contributed by atoms with Crippen LogP contribution in [-0.4, -0.2) is 40.8 Å². The molecule has 1 aromatic heterocycles. The predicted octanol–water partition coefficient (Wildman–Crippen LogP) is 2.83. The van der Waals surface area contributed by atoms with Gasteiger partial charge in [-0.25, -0.2) is 12.7 Å². The van der Waals surface area contributed by atoms with Gasteiger partial charge in [-0.05, 0) is 37.5 Å². The van der Waals surface area contributed by atoms with E-state index in [2.05, 4.69) is 15.5 Å². The van der Waals surface area contributed by atoms with Gasteiger partial charge >= 0.3 is 0 Å².